The molecule has 1 unspecified atom stereocenters. The van der Waals surface area contributed by atoms with Gasteiger partial charge in [0.2, 0.25) is 11.8 Å². The maximum absolute atomic E-state index is 13.9. The monoisotopic (exact) mass is 575 g/mol. The smallest absolute Gasteiger partial charge is 0.269 e. The summed E-state index contributed by atoms with van der Waals surface area (Å²) in [6.07, 6.45) is 0.408. The van der Waals surface area contributed by atoms with Gasteiger partial charge in [0.25, 0.3) is 15.9 Å². The second-order valence-electron chi connectivity index (χ2n) is 11.4. The fraction of sp³-hybridized carbons (Fsp3) is 0.344. The Labute approximate surface area is 242 Å². The van der Waals surface area contributed by atoms with Crippen molar-refractivity contribution in [2.24, 2.45) is 0 Å². The predicted octanol–water partition coefficient (Wildman–Crippen LogP) is 4.47. The molecule has 3 aromatic rings. The van der Waals surface area contributed by atoms with Crippen LogP contribution in [0.25, 0.3) is 0 Å². The second-order valence-corrected chi connectivity index (χ2v) is 13.3. The fourth-order valence-electron chi connectivity index (χ4n) is 4.98. The normalized spacial score (nSPS) is 14.8. The summed E-state index contributed by atoms with van der Waals surface area (Å²) in [6, 6.07) is 22.6. The van der Waals surface area contributed by atoms with Gasteiger partial charge < -0.3 is 10.2 Å². The molecular weight excluding hydrogens is 538 g/mol. The molecule has 1 N–H and O–H groups in total. The van der Waals surface area contributed by atoms with Crippen LogP contribution in [0, 0.1) is 6.92 Å². The Morgan fingerprint density at radius 2 is 1.59 bits per heavy atom. The highest BCUT2D eigenvalue weighted by molar-refractivity contribution is 7.90. The van der Waals surface area contributed by atoms with Crippen LogP contribution in [0.3, 0.4) is 0 Å². The number of hydrogen-bond donors (Lipinski definition) is 1. The summed E-state index contributed by atoms with van der Waals surface area (Å²) in [7, 11) is -3.96. The molecule has 1 atom stereocenters. The summed E-state index contributed by atoms with van der Waals surface area (Å²) in [5.74, 6) is -1.15. The Hall–Kier alpha value is -3.98. The van der Waals surface area contributed by atoms with Crippen molar-refractivity contribution in [2.75, 3.05) is 6.54 Å². The summed E-state index contributed by atoms with van der Waals surface area (Å²) in [5, 5.41) is 3.03. The second kappa shape index (κ2) is 12.3. The molecule has 1 aliphatic heterocycles. The minimum absolute atomic E-state index is 0.0147. The molecule has 0 spiro atoms. The van der Waals surface area contributed by atoms with Crippen molar-refractivity contribution in [1.82, 2.24) is 14.5 Å². The predicted molar refractivity (Wildman–Crippen MR) is 157 cm³/mol. The van der Waals surface area contributed by atoms with Crippen molar-refractivity contribution in [3.63, 3.8) is 0 Å². The third-order valence-electron chi connectivity index (χ3n) is 6.87. The standard InChI is InChI=1S/C32H37N3O5S/c1-23-12-10-15-25(20-23)22-34(27(30(37)33-32(2,3)4)21-24-13-6-5-7-14-24)29(36)18-11-19-35-31(38)26-16-8-9-17-28(26)41(35,39)40/h5-10,12-17,20,27H,11,18-19,21-22H2,1-4H3,(H,33,37). The van der Waals surface area contributed by atoms with E-state index < -0.39 is 27.5 Å². The molecule has 8 nitrogen and oxygen atoms in total. The molecule has 0 fully saturated rings. The lowest BCUT2D eigenvalue weighted by Crippen LogP contribution is -2.54. The maximum Gasteiger partial charge on any atom is 0.269 e. The van der Waals surface area contributed by atoms with Gasteiger partial charge in [-0.25, -0.2) is 12.7 Å². The van der Waals surface area contributed by atoms with E-state index in [-0.39, 0.29) is 48.2 Å². The van der Waals surface area contributed by atoms with Crippen LogP contribution in [0.2, 0.25) is 0 Å². The van der Waals surface area contributed by atoms with Gasteiger partial charge in [0.05, 0.1) is 5.56 Å². The molecule has 9 heteroatoms. The van der Waals surface area contributed by atoms with Crippen LogP contribution in [-0.2, 0) is 32.6 Å². The number of fused-ring (bicyclic) bond motifs is 1. The van der Waals surface area contributed by atoms with Gasteiger partial charge in [0.1, 0.15) is 10.9 Å². The zero-order valence-electron chi connectivity index (χ0n) is 24.0. The maximum atomic E-state index is 13.9. The van der Waals surface area contributed by atoms with Gasteiger partial charge in [0, 0.05) is 31.5 Å². The van der Waals surface area contributed by atoms with Crippen LogP contribution in [0.5, 0.6) is 0 Å². The van der Waals surface area contributed by atoms with E-state index in [1.54, 1.807) is 17.0 Å². The third-order valence-corrected chi connectivity index (χ3v) is 8.71. The van der Waals surface area contributed by atoms with Crippen LogP contribution in [0.4, 0.5) is 0 Å². The van der Waals surface area contributed by atoms with Gasteiger partial charge in [0.15, 0.2) is 0 Å². The lowest BCUT2D eigenvalue weighted by molar-refractivity contribution is -0.142. The van der Waals surface area contributed by atoms with E-state index in [0.29, 0.717) is 6.42 Å². The molecule has 1 aliphatic rings. The van der Waals surface area contributed by atoms with Crippen LogP contribution in [-0.4, -0.2) is 53.5 Å². The van der Waals surface area contributed by atoms with E-state index >= 15 is 0 Å². The average molecular weight is 576 g/mol. The molecule has 0 saturated carbocycles. The number of rotatable bonds is 10. The van der Waals surface area contributed by atoms with Gasteiger partial charge >= 0.3 is 0 Å². The highest BCUT2D eigenvalue weighted by Gasteiger charge is 2.40. The molecular formula is C32H37N3O5S. The number of aryl methyl sites for hydroxylation is 1. The highest BCUT2D eigenvalue weighted by atomic mass is 32.2. The summed E-state index contributed by atoms with van der Waals surface area (Å²) < 4.78 is 26.8. The average Bonchev–Trinajstić information content (AvgIpc) is 3.10. The minimum atomic E-state index is -3.96. The first kappa shape index (κ1) is 30.0. The summed E-state index contributed by atoms with van der Waals surface area (Å²) >= 11 is 0. The zero-order valence-corrected chi connectivity index (χ0v) is 24.8. The molecule has 4 rings (SSSR count). The molecule has 0 bridgehead atoms. The first-order valence-corrected chi connectivity index (χ1v) is 15.2. The van der Waals surface area contributed by atoms with E-state index in [2.05, 4.69) is 5.32 Å². The summed E-state index contributed by atoms with van der Waals surface area (Å²) in [5.41, 5.74) is 2.46. The lowest BCUT2D eigenvalue weighted by atomic mass is 10.00. The number of sulfonamides is 1. The third kappa shape index (κ3) is 7.21. The number of carbonyl (C=O) groups is 3. The summed E-state index contributed by atoms with van der Waals surface area (Å²) in [6.45, 7) is 7.72. The van der Waals surface area contributed by atoms with Crippen molar-refractivity contribution in [2.45, 2.75) is 70.0 Å². The molecule has 216 valence electrons. The molecule has 1 heterocycles. The lowest BCUT2D eigenvalue weighted by Gasteiger charge is -2.34. The summed E-state index contributed by atoms with van der Waals surface area (Å²) in [4.78, 5) is 41.9. The van der Waals surface area contributed by atoms with Crippen molar-refractivity contribution in [3.8, 4) is 0 Å². The largest absolute Gasteiger partial charge is 0.350 e. The Morgan fingerprint density at radius 3 is 2.24 bits per heavy atom. The molecule has 0 radical (unpaired) electrons. The molecule has 0 aromatic heterocycles. The Balaban J connectivity index is 1.58. The minimum Gasteiger partial charge on any atom is -0.350 e. The number of nitrogens with one attached hydrogen (secondary N) is 1. The topological polar surface area (TPSA) is 104 Å². The first-order valence-electron chi connectivity index (χ1n) is 13.7. The van der Waals surface area contributed by atoms with Gasteiger partial charge in [-0.05, 0) is 57.4 Å². The van der Waals surface area contributed by atoms with Crippen LogP contribution >= 0.6 is 0 Å². The highest BCUT2D eigenvalue weighted by Crippen LogP contribution is 2.30. The Morgan fingerprint density at radius 1 is 0.927 bits per heavy atom. The van der Waals surface area contributed by atoms with Crippen LogP contribution in [0.15, 0.2) is 83.8 Å². The number of nitrogens with zero attached hydrogens (tertiary/aromatic N) is 2. The SMILES string of the molecule is Cc1cccc(CN(C(=O)CCCN2C(=O)c3ccccc3S2(=O)=O)C(Cc2ccccc2)C(=O)NC(C)(C)C)c1. The Bertz CT molecular complexity index is 1530. The van der Waals surface area contributed by atoms with E-state index in [1.807, 2.05) is 82.3 Å². The number of benzene rings is 3. The number of carbonyl (C=O) groups excluding carboxylic acids is 3. The van der Waals surface area contributed by atoms with Crippen LogP contribution in [0.1, 0.15) is 60.7 Å². The van der Waals surface area contributed by atoms with Crippen LogP contribution < -0.4 is 5.32 Å². The van der Waals surface area contributed by atoms with Crippen molar-refractivity contribution < 1.29 is 22.8 Å². The quantitative estimate of drug-likeness (QED) is 0.384. The Kier molecular flexibility index (Phi) is 8.97. The van der Waals surface area contributed by atoms with Crippen molar-refractivity contribution >= 4 is 27.7 Å². The van der Waals surface area contributed by atoms with Gasteiger partial charge in [-0.15, -0.1) is 0 Å². The fourth-order valence-corrected chi connectivity index (χ4v) is 6.59. The molecule has 3 amide bonds. The molecule has 41 heavy (non-hydrogen) atoms. The van der Waals surface area contributed by atoms with Gasteiger partial charge in [-0.2, -0.15) is 0 Å². The number of amides is 3. The zero-order chi connectivity index (χ0) is 29.8. The van der Waals surface area contributed by atoms with E-state index in [1.165, 1.54) is 12.1 Å². The van der Waals surface area contributed by atoms with Crippen molar-refractivity contribution in [1.29, 1.82) is 0 Å². The van der Waals surface area contributed by atoms with E-state index in [9.17, 15) is 22.8 Å². The van der Waals surface area contributed by atoms with Crippen molar-refractivity contribution in [3.05, 3.63) is 101 Å². The van der Waals surface area contributed by atoms with E-state index in [4.69, 9.17) is 0 Å². The molecule has 0 aliphatic carbocycles. The number of hydrogen-bond acceptors (Lipinski definition) is 5. The molecule has 3 aromatic carbocycles. The van der Waals surface area contributed by atoms with E-state index in [0.717, 1.165) is 21.0 Å². The van der Waals surface area contributed by atoms with Gasteiger partial charge in [-0.3, -0.25) is 14.4 Å². The molecule has 0 saturated heterocycles. The van der Waals surface area contributed by atoms with Gasteiger partial charge in [-0.1, -0.05) is 72.3 Å². The first-order chi connectivity index (χ1) is 19.4.